The van der Waals surface area contributed by atoms with E-state index in [-0.39, 0.29) is 18.0 Å². The van der Waals surface area contributed by atoms with Crippen LogP contribution in [0.4, 0.5) is 0 Å². The van der Waals surface area contributed by atoms with Crippen LogP contribution in [0.25, 0.3) is 0 Å². The molecule has 3 heterocycles. The largest absolute Gasteiger partial charge is 0.337 e. The lowest BCUT2D eigenvalue weighted by Gasteiger charge is -2.44. The third kappa shape index (κ3) is 3.38. The first-order valence-electron chi connectivity index (χ1n) is 9.58. The second kappa shape index (κ2) is 7.19. The van der Waals surface area contributed by atoms with Crippen LogP contribution in [0, 0.1) is 13.8 Å². The molecular formula is C20H27N5O. The molecule has 0 N–H and O–H groups in total. The summed E-state index contributed by atoms with van der Waals surface area (Å²) in [5, 5.41) is 4.47. The Bertz CT molecular complexity index is 766. The van der Waals surface area contributed by atoms with Crippen LogP contribution in [0.2, 0.25) is 0 Å². The molecule has 4 rings (SSSR count). The number of aromatic nitrogens is 3. The van der Waals surface area contributed by atoms with Crippen molar-refractivity contribution in [2.45, 2.75) is 51.7 Å². The number of carbonyl (C=O) groups excluding carboxylic acids is 1. The number of rotatable bonds is 4. The Morgan fingerprint density at radius 1 is 1.15 bits per heavy atom. The van der Waals surface area contributed by atoms with E-state index < -0.39 is 0 Å². The van der Waals surface area contributed by atoms with Crippen LogP contribution in [0.15, 0.2) is 30.3 Å². The van der Waals surface area contributed by atoms with E-state index in [9.17, 15) is 4.79 Å². The van der Waals surface area contributed by atoms with Crippen LogP contribution in [0.5, 0.6) is 0 Å². The molecule has 0 radical (unpaired) electrons. The van der Waals surface area contributed by atoms with Crippen molar-refractivity contribution in [2.24, 2.45) is 0 Å². The zero-order chi connectivity index (χ0) is 18.1. The molecule has 6 heteroatoms. The minimum atomic E-state index is 0.0171. The molecule has 2 aliphatic heterocycles. The fraction of sp³-hybridized carbons (Fsp3) is 0.550. The van der Waals surface area contributed by atoms with Gasteiger partial charge in [-0.3, -0.25) is 9.69 Å². The van der Waals surface area contributed by atoms with Crippen molar-refractivity contribution in [2.75, 3.05) is 19.6 Å². The van der Waals surface area contributed by atoms with Crippen LogP contribution >= 0.6 is 0 Å². The van der Waals surface area contributed by atoms with Crippen molar-refractivity contribution in [3.8, 4) is 0 Å². The Labute approximate surface area is 154 Å². The van der Waals surface area contributed by atoms with E-state index in [1.807, 2.05) is 29.5 Å². The molecule has 0 bridgehead atoms. The van der Waals surface area contributed by atoms with Gasteiger partial charge in [0.2, 0.25) is 5.91 Å². The normalized spacial score (nSPS) is 21.6. The first-order chi connectivity index (χ1) is 12.6. The van der Waals surface area contributed by atoms with Crippen LogP contribution in [-0.4, -0.2) is 56.1 Å². The Morgan fingerprint density at radius 3 is 2.62 bits per heavy atom. The Balaban J connectivity index is 1.39. The highest BCUT2D eigenvalue weighted by atomic mass is 16.2. The van der Waals surface area contributed by atoms with Crippen molar-refractivity contribution in [3.63, 3.8) is 0 Å². The van der Waals surface area contributed by atoms with Crippen molar-refractivity contribution < 1.29 is 4.79 Å². The van der Waals surface area contributed by atoms with Gasteiger partial charge in [0.25, 0.3) is 0 Å². The molecule has 26 heavy (non-hydrogen) atoms. The van der Waals surface area contributed by atoms with Gasteiger partial charge < -0.3 is 4.90 Å². The minimum Gasteiger partial charge on any atom is -0.337 e. The summed E-state index contributed by atoms with van der Waals surface area (Å²) in [5.41, 5.74) is 1.28. The quantitative estimate of drug-likeness (QED) is 0.847. The lowest BCUT2D eigenvalue weighted by Crippen LogP contribution is -2.58. The number of carbonyl (C=O) groups is 1. The molecule has 138 valence electrons. The lowest BCUT2D eigenvalue weighted by molar-refractivity contribution is -0.144. The first-order valence-corrected chi connectivity index (χ1v) is 9.58. The summed E-state index contributed by atoms with van der Waals surface area (Å²) in [6, 6.07) is 10.7. The highest BCUT2D eigenvalue weighted by molar-refractivity contribution is 5.82. The standard InChI is InChI=1S/C20H27N5O/c1-15-21-16(2)25(22-15)18-13-24(14-18)20(26)19-10-6-7-11-23(19)12-17-8-4-3-5-9-17/h3-5,8-9,18-19H,6-7,10-14H2,1-2H3. The summed E-state index contributed by atoms with van der Waals surface area (Å²) in [7, 11) is 0. The van der Waals surface area contributed by atoms with Gasteiger partial charge in [0, 0.05) is 19.6 Å². The molecule has 2 fully saturated rings. The van der Waals surface area contributed by atoms with E-state index in [4.69, 9.17) is 0 Å². The maximum atomic E-state index is 13.1. The lowest BCUT2D eigenvalue weighted by atomic mass is 9.97. The Kier molecular flexibility index (Phi) is 4.76. The SMILES string of the molecule is Cc1nc(C)n(C2CN(C(=O)C3CCCCN3Cc3ccccc3)C2)n1. The molecular weight excluding hydrogens is 326 g/mol. The minimum absolute atomic E-state index is 0.0171. The molecule has 6 nitrogen and oxygen atoms in total. The number of likely N-dealkylation sites (tertiary alicyclic amines) is 2. The average molecular weight is 353 g/mol. The van der Waals surface area contributed by atoms with E-state index >= 15 is 0 Å². The number of amides is 1. The summed E-state index contributed by atoms with van der Waals surface area (Å²) < 4.78 is 1.97. The predicted octanol–water partition coefficient (Wildman–Crippen LogP) is 2.33. The van der Waals surface area contributed by atoms with Gasteiger partial charge in [-0.1, -0.05) is 36.8 Å². The van der Waals surface area contributed by atoms with Crippen LogP contribution in [-0.2, 0) is 11.3 Å². The Hall–Kier alpha value is -2.21. The number of hydrogen-bond donors (Lipinski definition) is 0. The molecule has 1 unspecified atom stereocenters. The number of aryl methyl sites for hydroxylation is 2. The van der Waals surface area contributed by atoms with Crippen LogP contribution in [0.1, 0.15) is 42.5 Å². The van der Waals surface area contributed by atoms with E-state index in [0.717, 1.165) is 50.7 Å². The summed E-state index contributed by atoms with van der Waals surface area (Å²) in [6.45, 7) is 7.25. The third-order valence-corrected chi connectivity index (χ3v) is 5.55. The van der Waals surface area contributed by atoms with Crippen LogP contribution in [0.3, 0.4) is 0 Å². The second-order valence-electron chi connectivity index (χ2n) is 7.52. The zero-order valence-electron chi connectivity index (χ0n) is 15.6. The fourth-order valence-corrected chi connectivity index (χ4v) is 4.16. The number of piperidine rings is 1. The fourth-order valence-electron chi connectivity index (χ4n) is 4.16. The molecule has 0 saturated carbocycles. The van der Waals surface area contributed by atoms with Gasteiger partial charge in [-0.2, -0.15) is 5.10 Å². The Morgan fingerprint density at radius 2 is 1.92 bits per heavy atom. The number of nitrogens with zero attached hydrogens (tertiary/aromatic N) is 5. The van der Waals surface area contributed by atoms with Gasteiger partial charge in [0.1, 0.15) is 11.6 Å². The van der Waals surface area contributed by atoms with Gasteiger partial charge in [-0.25, -0.2) is 9.67 Å². The predicted molar refractivity (Wildman–Crippen MR) is 99.6 cm³/mol. The number of benzene rings is 1. The first kappa shape index (κ1) is 17.2. The van der Waals surface area contributed by atoms with Gasteiger partial charge >= 0.3 is 0 Å². The number of hydrogen-bond acceptors (Lipinski definition) is 4. The van der Waals surface area contributed by atoms with Crippen molar-refractivity contribution in [1.82, 2.24) is 24.6 Å². The summed E-state index contributed by atoms with van der Waals surface area (Å²) in [4.78, 5) is 21.8. The maximum Gasteiger partial charge on any atom is 0.240 e. The molecule has 2 aromatic rings. The molecule has 1 aromatic heterocycles. The smallest absolute Gasteiger partial charge is 0.240 e. The van der Waals surface area contributed by atoms with Gasteiger partial charge in [-0.05, 0) is 38.8 Å². The molecule has 0 spiro atoms. The summed E-state index contributed by atoms with van der Waals surface area (Å²) in [5.74, 6) is 2.02. The third-order valence-electron chi connectivity index (χ3n) is 5.55. The molecule has 1 aromatic carbocycles. The van der Waals surface area contributed by atoms with Crippen molar-refractivity contribution in [1.29, 1.82) is 0 Å². The highest BCUT2D eigenvalue weighted by Crippen LogP contribution is 2.27. The van der Waals surface area contributed by atoms with Gasteiger partial charge in [0.15, 0.2) is 0 Å². The molecule has 2 aliphatic rings. The van der Waals surface area contributed by atoms with Gasteiger partial charge in [-0.15, -0.1) is 0 Å². The molecule has 1 atom stereocenters. The van der Waals surface area contributed by atoms with E-state index in [2.05, 4.69) is 39.2 Å². The topological polar surface area (TPSA) is 54.3 Å². The molecule has 2 saturated heterocycles. The highest BCUT2D eigenvalue weighted by Gasteiger charge is 2.39. The molecule has 0 aliphatic carbocycles. The van der Waals surface area contributed by atoms with Crippen LogP contribution < -0.4 is 0 Å². The monoisotopic (exact) mass is 353 g/mol. The molecule has 1 amide bonds. The second-order valence-corrected chi connectivity index (χ2v) is 7.52. The van der Waals surface area contributed by atoms with E-state index in [1.54, 1.807) is 0 Å². The van der Waals surface area contributed by atoms with E-state index in [0.29, 0.717) is 0 Å². The van der Waals surface area contributed by atoms with Crippen molar-refractivity contribution in [3.05, 3.63) is 47.5 Å². The van der Waals surface area contributed by atoms with Crippen molar-refractivity contribution >= 4 is 5.91 Å². The summed E-state index contributed by atoms with van der Waals surface area (Å²) in [6.07, 6.45) is 3.28. The average Bonchev–Trinajstić information content (AvgIpc) is 2.93. The zero-order valence-corrected chi connectivity index (χ0v) is 15.6. The summed E-state index contributed by atoms with van der Waals surface area (Å²) >= 11 is 0. The van der Waals surface area contributed by atoms with Gasteiger partial charge in [0.05, 0.1) is 12.1 Å². The van der Waals surface area contributed by atoms with E-state index in [1.165, 1.54) is 12.0 Å². The maximum absolute atomic E-state index is 13.1.